The molecule has 1 saturated heterocycles. The fourth-order valence-electron chi connectivity index (χ4n) is 5.60. The first-order chi connectivity index (χ1) is 22.5. The molecule has 235 valence electrons. The SMILES string of the molecule is CCNC(=O)[C@H]1O[C@@H](n2cnc3c(NCC(Cc4ccccc4)Cc4ccccc4)nc(I)nc32)[CH][C@@H]1OC(=O)c1ccccc1. The Morgan fingerprint density at radius 1 is 0.935 bits per heavy atom. The van der Waals surface area contributed by atoms with Gasteiger partial charge >= 0.3 is 5.97 Å². The molecule has 1 aliphatic heterocycles. The second-order valence-corrected chi connectivity index (χ2v) is 12.0. The highest BCUT2D eigenvalue weighted by atomic mass is 127. The Hall–Kier alpha value is -4.36. The third kappa shape index (κ3) is 7.53. The van der Waals surface area contributed by atoms with Crippen LogP contribution in [0.1, 0.15) is 34.6 Å². The Kier molecular flexibility index (Phi) is 10.2. The molecule has 3 heterocycles. The van der Waals surface area contributed by atoms with Crippen LogP contribution in [0.2, 0.25) is 0 Å². The molecule has 2 aromatic heterocycles. The molecule has 1 fully saturated rings. The molecule has 1 radical (unpaired) electrons. The average molecular weight is 730 g/mol. The maximum absolute atomic E-state index is 13.0. The second-order valence-electron chi connectivity index (χ2n) is 11.1. The number of benzene rings is 3. The molecule has 1 amide bonds. The summed E-state index contributed by atoms with van der Waals surface area (Å²) in [6, 6.07) is 29.6. The Morgan fingerprint density at radius 3 is 2.20 bits per heavy atom. The second kappa shape index (κ2) is 14.8. The monoisotopic (exact) mass is 729 g/mol. The zero-order valence-electron chi connectivity index (χ0n) is 25.3. The van der Waals surface area contributed by atoms with Crippen LogP contribution in [-0.4, -0.2) is 56.7 Å². The summed E-state index contributed by atoms with van der Waals surface area (Å²) in [5, 5.41) is 6.33. The van der Waals surface area contributed by atoms with Gasteiger partial charge in [-0.3, -0.25) is 9.36 Å². The third-order valence-corrected chi connectivity index (χ3v) is 8.24. The molecule has 0 spiro atoms. The summed E-state index contributed by atoms with van der Waals surface area (Å²) >= 11 is 2.09. The van der Waals surface area contributed by atoms with E-state index in [0.29, 0.717) is 45.4 Å². The van der Waals surface area contributed by atoms with E-state index in [-0.39, 0.29) is 5.91 Å². The van der Waals surface area contributed by atoms with Crippen molar-refractivity contribution in [3.05, 3.63) is 124 Å². The standard InChI is InChI=1S/C35H34IN6O4/c1-2-37-33(43)30-27(45-34(44)26-16-10-5-11-17-26)20-28(46-30)42-22-39-29-31(40-35(36)41-32(29)42)38-21-25(18-23-12-6-3-7-13-23)19-24-14-8-4-9-15-24/h3-17,20,22,25,27-28,30H,2,18-19,21H2,1H3,(H,37,43)(H,38,40,41)/t27-,28+,30-/m0/s1. The first kappa shape index (κ1) is 31.6. The number of rotatable bonds is 12. The van der Waals surface area contributed by atoms with E-state index in [4.69, 9.17) is 9.47 Å². The number of carbonyl (C=O) groups excluding carboxylic acids is 2. The normalized spacial score (nSPS) is 17.7. The minimum absolute atomic E-state index is 0.291. The van der Waals surface area contributed by atoms with Gasteiger partial charge in [-0.2, -0.15) is 0 Å². The summed E-state index contributed by atoms with van der Waals surface area (Å²) < 4.78 is 14.2. The summed E-state index contributed by atoms with van der Waals surface area (Å²) in [6.07, 6.45) is 2.40. The Morgan fingerprint density at radius 2 is 1.57 bits per heavy atom. The molecule has 2 N–H and O–H groups in total. The average Bonchev–Trinajstić information content (AvgIpc) is 3.69. The highest BCUT2D eigenvalue weighted by molar-refractivity contribution is 14.1. The van der Waals surface area contributed by atoms with Crippen LogP contribution in [0.4, 0.5) is 5.82 Å². The van der Waals surface area contributed by atoms with Gasteiger partial charge in [0.2, 0.25) is 0 Å². The smallest absolute Gasteiger partial charge is 0.338 e. The van der Waals surface area contributed by atoms with Gasteiger partial charge in [-0.05, 0) is 48.9 Å². The van der Waals surface area contributed by atoms with Gasteiger partial charge in [-0.25, -0.2) is 19.7 Å². The predicted molar refractivity (Wildman–Crippen MR) is 183 cm³/mol. The number of fused-ring (bicyclic) bond motifs is 1. The van der Waals surface area contributed by atoms with Crippen molar-refractivity contribution in [1.29, 1.82) is 0 Å². The zero-order chi connectivity index (χ0) is 31.9. The highest BCUT2D eigenvalue weighted by Crippen LogP contribution is 2.34. The van der Waals surface area contributed by atoms with Crippen LogP contribution in [0, 0.1) is 16.2 Å². The zero-order valence-corrected chi connectivity index (χ0v) is 27.4. The summed E-state index contributed by atoms with van der Waals surface area (Å²) in [5.41, 5.74) is 4.05. The van der Waals surface area contributed by atoms with Crippen LogP contribution in [0.15, 0.2) is 97.3 Å². The van der Waals surface area contributed by atoms with Crippen molar-refractivity contribution < 1.29 is 19.1 Å². The van der Waals surface area contributed by atoms with Crippen LogP contribution < -0.4 is 10.6 Å². The first-order valence-corrected chi connectivity index (χ1v) is 16.3. The fourth-order valence-corrected chi connectivity index (χ4v) is 6.07. The van der Waals surface area contributed by atoms with Crippen molar-refractivity contribution >= 4 is 51.4 Å². The topological polar surface area (TPSA) is 120 Å². The number of carbonyl (C=O) groups is 2. The van der Waals surface area contributed by atoms with Crippen LogP contribution in [0.3, 0.4) is 0 Å². The molecule has 10 nitrogen and oxygen atoms in total. The molecule has 3 atom stereocenters. The van der Waals surface area contributed by atoms with E-state index >= 15 is 0 Å². The molecular formula is C35H34IN6O4. The number of amides is 1. The van der Waals surface area contributed by atoms with E-state index in [1.165, 1.54) is 11.1 Å². The van der Waals surface area contributed by atoms with Gasteiger partial charge in [0.15, 0.2) is 26.9 Å². The van der Waals surface area contributed by atoms with E-state index < -0.39 is 24.4 Å². The van der Waals surface area contributed by atoms with E-state index in [1.807, 2.05) is 25.1 Å². The molecule has 46 heavy (non-hydrogen) atoms. The molecule has 5 aromatic rings. The number of nitrogens with one attached hydrogen (secondary N) is 2. The predicted octanol–water partition coefficient (Wildman–Crippen LogP) is 5.41. The molecular weight excluding hydrogens is 695 g/mol. The van der Waals surface area contributed by atoms with Crippen molar-refractivity contribution in [2.75, 3.05) is 18.4 Å². The molecule has 0 aliphatic carbocycles. The lowest BCUT2D eigenvalue weighted by Gasteiger charge is -2.19. The number of aromatic nitrogens is 4. The number of anilines is 1. The minimum atomic E-state index is -1.04. The van der Waals surface area contributed by atoms with E-state index in [9.17, 15) is 9.59 Å². The highest BCUT2D eigenvalue weighted by Gasteiger charge is 2.44. The van der Waals surface area contributed by atoms with Crippen molar-refractivity contribution in [1.82, 2.24) is 24.8 Å². The molecule has 3 aromatic carbocycles. The number of ether oxygens (including phenoxy) is 2. The third-order valence-electron chi connectivity index (χ3n) is 7.76. The summed E-state index contributed by atoms with van der Waals surface area (Å²) in [5.74, 6) is -0.00525. The van der Waals surface area contributed by atoms with Crippen molar-refractivity contribution in [3.63, 3.8) is 0 Å². The van der Waals surface area contributed by atoms with Gasteiger partial charge in [-0.1, -0.05) is 78.9 Å². The maximum atomic E-state index is 13.0. The lowest BCUT2D eigenvalue weighted by molar-refractivity contribution is -0.137. The molecule has 1 aliphatic rings. The fraction of sp³-hybridized carbons (Fsp3) is 0.257. The molecule has 0 bridgehead atoms. The lowest BCUT2D eigenvalue weighted by Crippen LogP contribution is -2.42. The van der Waals surface area contributed by atoms with Crippen molar-refractivity contribution in [3.8, 4) is 0 Å². The van der Waals surface area contributed by atoms with Gasteiger partial charge in [-0.15, -0.1) is 0 Å². The molecule has 11 heteroatoms. The number of halogens is 1. The van der Waals surface area contributed by atoms with Crippen molar-refractivity contribution in [2.24, 2.45) is 5.92 Å². The maximum Gasteiger partial charge on any atom is 0.338 e. The molecule has 0 unspecified atom stereocenters. The number of imidazole rings is 1. The molecule has 0 saturated carbocycles. The summed E-state index contributed by atoms with van der Waals surface area (Å²) in [4.78, 5) is 39.9. The number of esters is 1. The van der Waals surface area contributed by atoms with Gasteiger partial charge in [0.05, 0.1) is 18.3 Å². The number of likely N-dealkylation sites (N-methyl/N-ethyl adjacent to an activating group) is 1. The lowest BCUT2D eigenvalue weighted by atomic mass is 9.92. The van der Waals surface area contributed by atoms with E-state index in [2.05, 4.69) is 96.7 Å². The van der Waals surface area contributed by atoms with Crippen LogP contribution >= 0.6 is 22.6 Å². The Labute approximate surface area is 281 Å². The Bertz CT molecular complexity index is 1730. The summed E-state index contributed by atoms with van der Waals surface area (Å²) in [6.45, 7) is 2.90. The molecule has 6 rings (SSSR count). The van der Waals surface area contributed by atoms with Gasteiger partial charge in [0.1, 0.15) is 12.3 Å². The van der Waals surface area contributed by atoms with Gasteiger partial charge < -0.3 is 20.1 Å². The van der Waals surface area contributed by atoms with E-state index in [1.54, 1.807) is 41.6 Å². The van der Waals surface area contributed by atoms with Crippen LogP contribution in [-0.2, 0) is 27.1 Å². The summed E-state index contributed by atoms with van der Waals surface area (Å²) in [7, 11) is 0. The number of hydrogen-bond donors (Lipinski definition) is 2. The number of hydrogen-bond acceptors (Lipinski definition) is 8. The van der Waals surface area contributed by atoms with Gasteiger partial charge in [0, 0.05) is 35.7 Å². The quantitative estimate of drug-likeness (QED) is 0.0995. The van der Waals surface area contributed by atoms with E-state index in [0.717, 1.165) is 12.8 Å². The number of nitrogens with zero attached hydrogens (tertiary/aromatic N) is 4. The van der Waals surface area contributed by atoms with Gasteiger partial charge in [0.25, 0.3) is 5.91 Å². The Balaban J connectivity index is 1.23. The minimum Gasteiger partial charge on any atom is -0.455 e. The largest absolute Gasteiger partial charge is 0.455 e. The first-order valence-electron chi connectivity index (χ1n) is 15.2. The van der Waals surface area contributed by atoms with Crippen molar-refractivity contribution in [2.45, 2.75) is 38.2 Å². The van der Waals surface area contributed by atoms with Crippen LogP contribution in [0.25, 0.3) is 11.2 Å². The van der Waals surface area contributed by atoms with Crippen LogP contribution in [0.5, 0.6) is 0 Å².